The van der Waals surface area contributed by atoms with E-state index in [0.717, 1.165) is 41.2 Å². The molecule has 196 valence electrons. The van der Waals surface area contributed by atoms with Crippen molar-refractivity contribution in [2.45, 2.75) is 57.9 Å². The first-order valence-corrected chi connectivity index (χ1v) is 14.4. The van der Waals surface area contributed by atoms with Crippen molar-refractivity contribution < 1.29 is 4.79 Å². The predicted molar refractivity (Wildman–Crippen MR) is 160 cm³/mol. The standard InChI is InChI=1S/C33H37N3OS/c1-2-28-29(22-25-10-5-3-6-11-25)30-23-34-18-17-31(30)36(33(28)38)24-26-13-15-27(16-14-26)32(37)12-9-21-35-19-7-4-8-20-35/h2-3,5-6,10-11,13-18,23,29H,4,7-9,12,19-22,24H2,1H3/b28-2+. The monoisotopic (exact) mass is 523 g/mol. The van der Waals surface area contributed by atoms with Gasteiger partial charge in [-0.2, -0.15) is 0 Å². The number of fused-ring (bicyclic) bond motifs is 1. The summed E-state index contributed by atoms with van der Waals surface area (Å²) in [4.78, 5) is 22.9. The second-order valence-electron chi connectivity index (χ2n) is 10.4. The molecule has 2 aliphatic rings. The number of aromatic nitrogens is 1. The maximum atomic E-state index is 12.8. The van der Waals surface area contributed by atoms with Crippen molar-refractivity contribution in [3.05, 3.63) is 107 Å². The number of ketones is 1. The highest BCUT2D eigenvalue weighted by molar-refractivity contribution is 7.81. The SMILES string of the molecule is C/C=C1/C(=S)N(Cc2ccc(C(=O)CCCN3CCCCC3)cc2)c2ccncc2C1Cc1ccccc1. The van der Waals surface area contributed by atoms with E-state index in [4.69, 9.17) is 12.2 Å². The van der Waals surface area contributed by atoms with Crippen LogP contribution in [0.3, 0.4) is 0 Å². The lowest BCUT2D eigenvalue weighted by Crippen LogP contribution is -2.37. The van der Waals surface area contributed by atoms with Gasteiger partial charge in [0, 0.05) is 48.1 Å². The Morgan fingerprint density at radius 2 is 1.76 bits per heavy atom. The molecule has 1 unspecified atom stereocenters. The number of Topliss-reactive ketones (excluding diaryl/α,β-unsaturated/α-hetero) is 1. The Balaban J connectivity index is 1.28. The van der Waals surface area contributed by atoms with E-state index >= 15 is 0 Å². The quantitative estimate of drug-likeness (QED) is 0.169. The number of piperidine rings is 1. The maximum absolute atomic E-state index is 12.8. The van der Waals surface area contributed by atoms with Crippen molar-refractivity contribution in [1.29, 1.82) is 0 Å². The molecule has 5 heteroatoms. The van der Waals surface area contributed by atoms with Gasteiger partial charge in [-0.1, -0.05) is 79.3 Å². The van der Waals surface area contributed by atoms with E-state index in [9.17, 15) is 4.79 Å². The first-order valence-electron chi connectivity index (χ1n) is 13.9. The normalized spacial score (nSPS) is 19.0. The van der Waals surface area contributed by atoms with Crippen LogP contribution in [0.15, 0.2) is 84.7 Å². The average Bonchev–Trinajstić information content (AvgIpc) is 2.96. The van der Waals surface area contributed by atoms with Crippen LogP contribution in [0.4, 0.5) is 5.69 Å². The van der Waals surface area contributed by atoms with E-state index in [-0.39, 0.29) is 11.7 Å². The molecule has 4 nitrogen and oxygen atoms in total. The minimum absolute atomic E-state index is 0.180. The molecule has 2 aliphatic heterocycles. The van der Waals surface area contributed by atoms with Crippen molar-refractivity contribution in [2.24, 2.45) is 0 Å². The molecule has 3 heterocycles. The predicted octanol–water partition coefficient (Wildman–Crippen LogP) is 7.15. The Hall–Kier alpha value is -3.15. The van der Waals surface area contributed by atoms with E-state index in [0.29, 0.717) is 13.0 Å². The number of benzene rings is 2. The Bertz CT molecular complexity index is 1280. The number of rotatable bonds is 9. The van der Waals surface area contributed by atoms with Crippen LogP contribution in [0.5, 0.6) is 0 Å². The first kappa shape index (κ1) is 26.5. The summed E-state index contributed by atoms with van der Waals surface area (Å²) in [5.74, 6) is 0.415. The van der Waals surface area contributed by atoms with Gasteiger partial charge in [0.2, 0.25) is 0 Å². The highest BCUT2D eigenvalue weighted by atomic mass is 32.1. The fraction of sp³-hybridized carbons (Fsp3) is 0.364. The van der Waals surface area contributed by atoms with Crippen molar-refractivity contribution in [3.8, 4) is 0 Å². The Labute approximate surface area is 232 Å². The van der Waals surface area contributed by atoms with Crippen molar-refractivity contribution in [3.63, 3.8) is 0 Å². The molecule has 0 N–H and O–H groups in total. The van der Waals surface area contributed by atoms with Gasteiger partial charge in [0.15, 0.2) is 5.78 Å². The van der Waals surface area contributed by atoms with Crippen LogP contribution < -0.4 is 4.90 Å². The van der Waals surface area contributed by atoms with Crippen molar-refractivity contribution >= 4 is 28.7 Å². The van der Waals surface area contributed by atoms with Gasteiger partial charge in [-0.15, -0.1) is 0 Å². The van der Waals surface area contributed by atoms with E-state index in [2.05, 4.69) is 76.3 Å². The maximum Gasteiger partial charge on any atom is 0.162 e. The second kappa shape index (κ2) is 12.6. The summed E-state index contributed by atoms with van der Waals surface area (Å²) in [7, 11) is 0. The highest BCUT2D eigenvalue weighted by Gasteiger charge is 2.33. The summed E-state index contributed by atoms with van der Waals surface area (Å²) in [6, 6.07) is 20.8. The third-order valence-electron chi connectivity index (χ3n) is 7.90. The molecular weight excluding hydrogens is 486 g/mol. The molecule has 0 aliphatic carbocycles. The topological polar surface area (TPSA) is 36.4 Å². The zero-order chi connectivity index (χ0) is 26.3. The zero-order valence-corrected chi connectivity index (χ0v) is 23.1. The van der Waals surface area contributed by atoms with E-state index < -0.39 is 0 Å². The lowest BCUT2D eigenvalue weighted by molar-refractivity contribution is 0.0973. The van der Waals surface area contributed by atoms with Crippen LogP contribution in [0.2, 0.25) is 0 Å². The van der Waals surface area contributed by atoms with Gasteiger partial charge in [0.05, 0.1) is 0 Å². The number of likely N-dealkylation sites (tertiary alicyclic amines) is 1. The number of pyridine rings is 1. The molecular formula is C33H37N3OS. The average molecular weight is 524 g/mol. The molecule has 0 spiro atoms. The van der Waals surface area contributed by atoms with Crippen LogP contribution >= 0.6 is 12.2 Å². The molecule has 1 saturated heterocycles. The lowest BCUT2D eigenvalue weighted by Gasteiger charge is -2.38. The summed E-state index contributed by atoms with van der Waals surface area (Å²) < 4.78 is 0. The Morgan fingerprint density at radius 1 is 1.00 bits per heavy atom. The largest absolute Gasteiger partial charge is 0.328 e. The van der Waals surface area contributed by atoms with Crippen LogP contribution in [-0.4, -0.2) is 40.3 Å². The fourth-order valence-electron chi connectivity index (χ4n) is 5.82. The number of anilines is 1. The van der Waals surface area contributed by atoms with Crippen LogP contribution in [0.25, 0.3) is 0 Å². The van der Waals surface area contributed by atoms with E-state index in [1.165, 1.54) is 49.1 Å². The Kier molecular flexibility index (Phi) is 8.77. The van der Waals surface area contributed by atoms with Gasteiger partial charge >= 0.3 is 0 Å². The van der Waals surface area contributed by atoms with Crippen molar-refractivity contribution in [2.75, 3.05) is 24.5 Å². The summed E-state index contributed by atoms with van der Waals surface area (Å²) in [6.45, 7) is 6.13. The van der Waals surface area contributed by atoms with Gasteiger partial charge in [-0.05, 0) is 75.0 Å². The van der Waals surface area contributed by atoms with E-state index in [1.54, 1.807) is 0 Å². The van der Waals surface area contributed by atoms with Gasteiger partial charge < -0.3 is 9.80 Å². The van der Waals surface area contributed by atoms with Gasteiger partial charge in [0.25, 0.3) is 0 Å². The van der Waals surface area contributed by atoms with Crippen LogP contribution in [-0.2, 0) is 13.0 Å². The Morgan fingerprint density at radius 3 is 2.50 bits per heavy atom. The fourth-order valence-corrected chi connectivity index (χ4v) is 6.24. The zero-order valence-electron chi connectivity index (χ0n) is 22.3. The molecule has 1 aromatic heterocycles. The smallest absolute Gasteiger partial charge is 0.162 e. The molecule has 1 atom stereocenters. The molecule has 5 rings (SSSR count). The number of nitrogens with zero attached hydrogens (tertiary/aromatic N) is 3. The molecule has 0 bridgehead atoms. The molecule has 0 radical (unpaired) electrons. The summed E-state index contributed by atoms with van der Waals surface area (Å²) in [5.41, 5.74) is 6.73. The minimum atomic E-state index is 0.180. The number of thiocarbonyl (C=S) groups is 1. The molecule has 2 aromatic carbocycles. The van der Waals surface area contributed by atoms with E-state index in [1.807, 2.05) is 24.5 Å². The third-order valence-corrected chi connectivity index (χ3v) is 8.35. The van der Waals surface area contributed by atoms with Gasteiger partial charge in [-0.25, -0.2) is 0 Å². The summed E-state index contributed by atoms with van der Waals surface area (Å²) in [6.07, 6.45) is 12.4. The number of carbonyl (C=O) groups excluding carboxylic acids is 1. The molecule has 38 heavy (non-hydrogen) atoms. The molecule has 1 fully saturated rings. The molecule has 0 amide bonds. The molecule has 3 aromatic rings. The lowest BCUT2D eigenvalue weighted by atomic mass is 9.82. The second-order valence-corrected chi connectivity index (χ2v) is 10.8. The van der Waals surface area contributed by atoms with Crippen LogP contribution in [0.1, 0.15) is 72.0 Å². The molecule has 0 saturated carbocycles. The van der Waals surface area contributed by atoms with Gasteiger partial charge in [0.1, 0.15) is 4.99 Å². The van der Waals surface area contributed by atoms with Crippen molar-refractivity contribution in [1.82, 2.24) is 9.88 Å². The third kappa shape index (κ3) is 6.11. The number of hydrogen-bond donors (Lipinski definition) is 0. The summed E-state index contributed by atoms with van der Waals surface area (Å²) in [5, 5.41) is 0. The van der Waals surface area contributed by atoms with Crippen LogP contribution in [0, 0.1) is 0 Å². The first-order chi connectivity index (χ1) is 18.6. The summed E-state index contributed by atoms with van der Waals surface area (Å²) >= 11 is 6.06. The number of allylic oxidation sites excluding steroid dienone is 1. The number of hydrogen-bond acceptors (Lipinski definition) is 4. The number of carbonyl (C=O) groups is 1. The van der Waals surface area contributed by atoms with Gasteiger partial charge in [-0.3, -0.25) is 9.78 Å². The highest BCUT2D eigenvalue weighted by Crippen LogP contribution is 2.41. The minimum Gasteiger partial charge on any atom is -0.328 e.